The summed E-state index contributed by atoms with van der Waals surface area (Å²) in [5.74, 6) is 0. The number of hydrogen-bond donors (Lipinski definition) is 1. The van der Waals surface area contributed by atoms with Crippen LogP contribution in [-0.4, -0.2) is 0 Å². The Balaban J connectivity index is 3.44. The molecule has 7 heteroatoms. The largest absolute Gasteiger partial charge is 0.416 e. The third kappa shape index (κ3) is 3.04. The summed E-state index contributed by atoms with van der Waals surface area (Å²) in [6.07, 6.45) is -8.72. The van der Waals surface area contributed by atoms with Crippen LogP contribution in [0, 0.1) is 0 Å². The summed E-state index contributed by atoms with van der Waals surface area (Å²) in [6.45, 7) is 3.22. The Kier molecular flexibility index (Phi) is 3.75. The number of rotatable bonds is 2. The highest BCUT2D eigenvalue weighted by Crippen LogP contribution is 2.38. The van der Waals surface area contributed by atoms with Gasteiger partial charge in [0.05, 0.1) is 11.1 Å². The molecule has 2 N–H and O–H groups in total. The highest BCUT2D eigenvalue weighted by Gasteiger charge is 2.38. The average Bonchev–Trinajstić information content (AvgIpc) is 2.24. The molecule has 0 saturated carbocycles. The lowest BCUT2D eigenvalue weighted by Crippen LogP contribution is -2.18. The van der Waals surface area contributed by atoms with Crippen molar-refractivity contribution in [2.45, 2.75) is 18.4 Å². The molecular formula is C11H9F6N. The van der Waals surface area contributed by atoms with E-state index >= 15 is 0 Å². The third-order valence-corrected chi connectivity index (χ3v) is 2.30. The fourth-order valence-electron chi connectivity index (χ4n) is 1.40. The summed E-state index contributed by atoms with van der Waals surface area (Å²) in [5, 5.41) is 0. The van der Waals surface area contributed by atoms with E-state index in [4.69, 9.17) is 5.73 Å². The molecule has 0 aromatic heterocycles. The summed E-state index contributed by atoms with van der Waals surface area (Å²) in [6, 6.07) is 0.161. The standard InChI is InChI=1S/C11H9F6N/c1-2-9(18)7-4-3-6(10(12,13)14)5-8(7)11(15,16)17/h2-5,9H,1,18H2/t9-/m0/s1. The predicted molar refractivity (Wildman–Crippen MR) is 53.6 cm³/mol. The van der Waals surface area contributed by atoms with Gasteiger partial charge in [0.2, 0.25) is 0 Å². The van der Waals surface area contributed by atoms with Gasteiger partial charge in [0, 0.05) is 6.04 Å². The number of halogens is 6. The first-order chi connectivity index (χ1) is 8.07. The molecule has 1 aromatic rings. The van der Waals surface area contributed by atoms with Crippen LogP contribution < -0.4 is 5.73 Å². The van der Waals surface area contributed by atoms with Crippen LogP contribution in [0.15, 0.2) is 30.9 Å². The molecule has 0 aliphatic carbocycles. The quantitative estimate of drug-likeness (QED) is 0.639. The third-order valence-electron chi connectivity index (χ3n) is 2.30. The Morgan fingerprint density at radius 2 is 1.61 bits per heavy atom. The highest BCUT2D eigenvalue weighted by molar-refractivity contribution is 5.38. The van der Waals surface area contributed by atoms with Crippen LogP contribution in [0.2, 0.25) is 0 Å². The van der Waals surface area contributed by atoms with Crippen molar-refractivity contribution in [1.82, 2.24) is 0 Å². The molecule has 0 unspecified atom stereocenters. The number of alkyl halides is 6. The second kappa shape index (κ2) is 4.64. The van der Waals surface area contributed by atoms with E-state index in [9.17, 15) is 26.3 Å². The lowest BCUT2D eigenvalue weighted by Gasteiger charge is -2.18. The molecular weight excluding hydrogens is 260 g/mol. The average molecular weight is 269 g/mol. The van der Waals surface area contributed by atoms with E-state index in [-0.39, 0.29) is 6.07 Å². The van der Waals surface area contributed by atoms with Crippen molar-refractivity contribution in [1.29, 1.82) is 0 Å². The SMILES string of the molecule is C=C[C@H](N)c1ccc(C(F)(F)F)cc1C(F)(F)F. The van der Waals surface area contributed by atoms with E-state index in [1.807, 2.05) is 0 Å². The van der Waals surface area contributed by atoms with Gasteiger partial charge in [-0.15, -0.1) is 6.58 Å². The summed E-state index contributed by atoms with van der Waals surface area (Å²) in [4.78, 5) is 0. The van der Waals surface area contributed by atoms with Gasteiger partial charge in [-0.2, -0.15) is 26.3 Å². The minimum Gasteiger partial charge on any atom is -0.321 e. The van der Waals surface area contributed by atoms with Gasteiger partial charge in [-0.25, -0.2) is 0 Å². The van der Waals surface area contributed by atoms with Crippen LogP contribution in [0.3, 0.4) is 0 Å². The van der Waals surface area contributed by atoms with Gasteiger partial charge in [0.1, 0.15) is 0 Å². The monoisotopic (exact) mass is 269 g/mol. The van der Waals surface area contributed by atoms with Crippen molar-refractivity contribution < 1.29 is 26.3 Å². The lowest BCUT2D eigenvalue weighted by molar-refractivity contribution is -0.143. The fourth-order valence-corrected chi connectivity index (χ4v) is 1.40. The molecule has 0 heterocycles. The molecule has 1 rings (SSSR count). The zero-order valence-corrected chi connectivity index (χ0v) is 8.94. The van der Waals surface area contributed by atoms with Crippen molar-refractivity contribution in [3.8, 4) is 0 Å². The second-order valence-electron chi connectivity index (χ2n) is 3.56. The highest BCUT2D eigenvalue weighted by atomic mass is 19.4. The zero-order chi connectivity index (χ0) is 14.1. The molecule has 0 saturated heterocycles. The van der Waals surface area contributed by atoms with Crippen LogP contribution in [0.5, 0.6) is 0 Å². The van der Waals surface area contributed by atoms with E-state index in [1.165, 1.54) is 0 Å². The number of benzene rings is 1. The van der Waals surface area contributed by atoms with E-state index in [2.05, 4.69) is 6.58 Å². The smallest absolute Gasteiger partial charge is 0.321 e. The maximum Gasteiger partial charge on any atom is 0.416 e. The maximum absolute atomic E-state index is 12.7. The maximum atomic E-state index is 12.7. The van der Waals surface area contributed by atoms with Gasteiger partial charge < -0.3 is 5.73 Å². The van der Waals surface area contributed by atoms with Crippen LogP contribution in [0.1, 0.15) is 22.7 Å². The molecule has 0 aliphatic rings. The Labute approximate surface area is 98.9 Å². The van der Waals surface area contributed by atoms with Gasteiger partial charge in [-0.05, 0) is 17.7 Å². The molecule has 0 radical (unpaired) electrons. The van der Waals surface area contributed by atoms with Gasteiger partial charge in [-0.3, -0.25) is 0 Å². The Morgan fingerprint density at radius 1 is 1.06 bits per heavy atom. The molecule has 18 heavy (non-hydrogen) atoms. The van der Waals surface area contributed by atoms with Crippen LogP contribution in [-0.2, 0) is 12.4 Å². The normalized spacial score (nSPS) is 14.4. The Bertz CT molecular complexity index is 446. The van der Waals surface area contributed by atoms with Gasteiger partial charge >= 0.3 is 12.4 Å². The first-order valence-corrected chi connectivity index (χ1v) is 4.74. The molecule has 0 aliphatic heterocycles. The van der Waals surface area contributed by atoms with E-state index in [0.717, 1.165) is 12.1 Å². The first-order valence-electron chi connectivity index (χ1n) is 4.74. The van der Waals surface area contributed by atoms with Crippen LogP contribution >= 0.6 is 0 Å². The Morgan fingerprint density at radius 3 is 2.00 bits per heavy atom. The predicted octanol–water partition coefficient (Wildman–Crippen LogP) is 3.91. The van der Waals surface area contributed by atoms with E-state index in [0.29, 0.717) is 6.07 Å². The van der Waals surface area contributed by atoms with Gasteiger partial charge in [0.15, 0.2) is 0 Å². The van der Waals surface area contributed by atoms with E-state index < -0.39 is 35.1 Å². The molecule has 0 amide bonds. The molecule has 1 nitrogen and oxygen atoms in total. The molecule has 1 aromatic carbocycles. The van der Waals surface area contributed by atoms with Crippen molar-refractivity contribution in [2.24, 2.45) is 5.73 Å². The minimum absolute atomic E-state index is 0.0543. The van der Waals surface area contributed by atoms with Gasteiger partial charge in [-0.1, -0.05) is 12.1 Å². The minimum atomic E-state index is -4.91. The summed E-state index contributed by atoms with van der Waals surface area (Å²) in [7, 11) is 0. The van der Waals surface area contributed by atoms with Crippen molar-refractivity contribution in [3.05, 3.63) is 47.5 Å². The van der Waals surface area contributed by atoms with Crippen LogP contribution in [0.25, 0.3) is 0 Å². The van der Waals surface area contributed by atoms with Crippen molar-refractivity contribution in [2.75, 3.05) is 0 Å². The van der Waals surface area contributed by atoms with Crippen molar-refractivity contribution in [3.63, 3.8) is 0 Å². The lowest BCUT2D eigenvalue weighted by atomic mass is 9.97. The number of nitrogens with two attached hydrogens (primary N) is 1. The zero-order valence-electron chi connectivity index (χ0n) is 8.94. The number of hydrogen-bond acceptors (Lipinski definition) is 1. The summed E-state index contributed by atoms with van der Waals surface area (Å²) in [5.41, 5.74) is 2.15. The molecule has 0 spiro atoms. The van der Waals surface area contributed by atoms with Crippen LogP contribution in [0.4, 0.5) is 26.3 Å². The topological polar surface area (TPSA) is 26.0 Å². The fraction of sp³-hybridized carbons (Fsp3) is 0.273. The molecule has 100 valence electrons. The molecule has 0 bridgehead atoms. The Hall–Kier alpha value is -1.50. The van der Waals surface area contributed by atoms with Crippen molar-refractivity contribution >= 4 is 0 Å². The molecule has 0 fully saturated rings. The van der Waals surface area contributed by atoms with Gasteiger partial charge in [0.25, 0.3) is 0 Å². The summed E-state index contributed by atoms with van der Waals surface area (Å²) >= 11 is 0. The molecule has 1 atom stereocenters. The first kappa shape index (κ1) is 14.6. The summed E-state index contributed by atoms with van der Waals surface area (Å²) < 4.78 is 75.0. The second-order valence-corrected chi connectivity index (χ2v) is 3.56. The van der Waals surface area contributed by atoms with E-state index in [1.54, 1.807) is 0 Å².